The van der Waals surface area contributed by atoms with Crippen molar-refractivity contribution >= 4 is 22.9 Å². The lowest BCUT2D eigenvalue weighted by Crippen LogP contribution is -2.35. The minimum atomic E-state index is -0.538. The molecule has 2 heterocycles. The highest BCUT2D eigenvalue weighted by atomic mass is 32.1. The molecular formula is C16H14N2OS. The molecule has 1 aliphatic heterocycles. The van der Waals surface area contributed by atoms with Gasteiger partial charge in [0.15, 0.2) is 0 Å². The lowest BCUT2D eigenvalue weighted by atomic mass is 9.93. The minimum Gasteiger partial charge on any atom is -0.306 e. The van der Waals surface area contributed by atoms with Crippen LogP contribution in [-0.4, -0.2) is 5.91 Å². The zero-order valence-corrected chi connectivity index (χ0v) is 12.2. The van der Waals surface area contributed by atoms with Crippen molar-refractivity contribution in [3.05, 3.63) is 51.7 Å². The van der Waals surface area contributed by atoms with E-state index in [0.29, 0.717) is 11.4 Å². The lowest BCUT2D eigenvalue weighted by molar-refractivity contribution is -0.122. The molecule has 100 valence electrons. The van der Waals surface area contributed by atoms with Crippen molar-refractivity contribution in [3.8, 4) is 6.07 Å². The third-order valence-corrected chi connectivity index (χ3v) is 5.00. The first-order chi connectivity index (χ1) is 9.54. The van der Waals surface area contributed by atoms with Gasteiger partial charge in [0.1, 0.15) is 10.9 Å². The monoisotopic (exact) mass is 282 g/mol. The number of amides is 1. The number of hydrogen-bond donors (Lipinski definition) is 0. The van der Waals surface area contributed by atoms with E-state index in [2.05, 4.69) is 6.07 Å². The molecule has 1 aromatic heterocycles. The molecule has 3 rings (SSSR count). The van der Waals surface area contributed by atoms with Crippen LogP contribution in [0.5, 0.6) is 0 Å². The summed E-state index contributed by atoms with van der Waals surface area (Å²) in [6, 6.07) is 13.9. The van der Waals surface area contributed by atoms with Gasteiger partial charge in [0, 0.05) is 4.88 Å². The maximum atomic E-state index is 12.6. The summed E-state index contributed by atoms with van der Waals surface area (Å²) in [5, 5.41) is 9.06. The van der Waals surface area contributed by atoms with Crippen LogP contribution < -0.4 is 4.90 Å². The Morgan fingerprint density at radius 2 is 2.00 bits per heavy atom. The van der Waals surface area contributed by atoms with E-state index >= 15 is 0 Å². The third kappa shape index (κ3) is 1.83. The molecule has 1 amide bonds. The Morgan fingerprint density at radius 1 is 1.30 bits per heavy atom. The average molecular weight is 282 g/mol. The van der Waals surface area contributed by atoms with Gasteiger partial charge in [-0.1, -0.05) is 30.3 Å². The number of rotatable bonds is 2. The van der Waals surface area contributed by atoms with Gasteiger partial charge in [-0.25, -0.2) is 0 Å². The van der Waals surface area contributed by atoms with Crippen molar-refractivity contribution in [2.45, 2.75) is 25.8 Å². The Labute approximate surface area is 122 Å². The molecule has 0 spiro atoms. The number of carbonyl (C=O) groups is 1. The van der Waals surface area contributed by atoms with Crippen molar-refractivity contribution in [1.29, 1.82) is 5.26 Å². The number of anilines is 1. The predicted molar refractivity (Wildman–Crippen MR) is 79.7 cm³/mol. The highest BCUT2D eigenvalue weighted by Crippen LogP contribution is 2.47. The molecule has 3 nitrogen and oxygen atoms in total. The van der Waals surface area contributed by atoms with E-state index in [1.807, 2.05) is 50.2 Å². The number of benzene rings is 1. The fourth-order valence-electron chi connectivity index (χ4n) is 2.55. The van der Waals surface area contributed by atoms with Crippen LogP contribution in [0.2, 0.25) is 0 Å². The quantitative estimate of drug-likeness (QED) is 0.847. The maximum Gasteiger partial charge on any atom is 0.238 e. The number of nitrogens with zero attached hydrogens (tertiary/aromatic N) is 2. The number of nitriles is 1. The van der Waals surface area contributed by atoms with Gasteiger partial charge in [-0.05, 0) is 25.5 Å². The summed E-state index contributed by atoms with van der Waals surface area (Å²) in [5.41, 5.74) is 1.45. The summed E-state index contributed by atoms with van der Waals surface area (Å²) in [7, 11) is 0. The van der Waals surface area contributed by atoms with Crippen LogP contribution in [0.4, 0.5) is 5.69 Å². The van der Waals surface area contributed by atoms with Crippen LogP contribution >= 0.6 is 11.3 Å². The van der Waals surface area contributed by atoms with Gasteiger partial charge < -0.3 is 4.90 Å². The molecular weight excluding hydrogens is 268 g/mol. The van der Waals surface area contributed by atoms with Gasteiger partial charge in [0.2, 0.25) is 5.91 Å². The fraction of sp³-hybridized carbons (Fsp3) is 0.250. The number of hydrogen-bond acceptors (Lipinski definition) is 3. The lowest BCUT2D eigenvalue weighted by Gasteiger charge is -2.20. The van der Waals surface area contributed by atoms with E-state index < -0.39 is 5.41 Å². The smallest absolute Gasteiger partial charge is 0.238 e. The standard InChI is InChI=1S/C16H14N2OS/c1-16(2)14-13(8-12(9-17)20-14)18(15(16)19)10-11-6-4-3-5-7-11/h3-8H,10H2,1-2H3. The summed E-state index contributed by atoms with van der Waals surface area (Å²) in [6.45, 7) is 4.41. The fourth-order valence-corrected chi connectivity index (χ4v) is 3.60. The van der Waals surface area contributed by atoms with Crippen LogP contribution in [0, 0.1) is 11.3 Å². The first kappa shape index (κ1) is 12.9. The van der Waals surface area contributed by atoms with E-state index in [9.17, 15) is 4.79 Å². The van der Waals surface area contributed by atoms with Crippen LogP contribution in [0.15, 0.2) is 36.4 Å². The molecule has 0 N–H and O–H groups in total. The zero-order valence-electron chi connectivity index (χ0n) is 11.4. The normalized spacial score (nSPS) is 16.1. The summed E-state index contributed by atoms with van der Waals surface area (Å²) in [5.74, 6) is 0.104. The van der Waals surface area contributed by atoms with Crippen LogP contribution in [0.1, 0.15) is 29.2 Å². The SMILES string of the molecule is CC1(C)C(=O)N(Cc2ccccc2)c2cc(C#N)sc21. The Balaban J connectivity index is 2.03. The molecule has 0 bridgehead atoms. The van der Waals surface area contributed by atoms with E-state index in [1.165, 1.54) is 11.3 Å². The van der Waals surface area contributed by atoms with Crippen molar-refractivity contribution in [2.75, 3.05) is 4.90 Å². The highest BCUT2D eigenvalue weighted by molar-refractivity contribution is 7.13. The maximum absolute atomic E-state index is 12.6. The minimum absolute atomic E-state index is 0.104. The van der Waals surface area contributed by atoms with Gasteiger partial charge in [-0.15, -0.1) is 11.3 Å². The van der Waals surface area contributed by atoms with Crippen LogP contribution in [0.3, 0.4) is 0 Å². The highest BCUT2D eigenvalue weighted by Gasteiger charge is 2.45. The topological polar surface area (TPSA) is 44.1 Å². The molecule has 0 radical (unpaired) electrons. The average Bonchev–Trinajstić information content (AvgIpc) is 2.95. The molecule has 0 aliphatic carbocycles. The Hall–Kier alpha value is -2.12. The summed E-state index contributed by atoms with van der Waals surface area (Å²) >= 11 is 1.42. The molecule has 0 saturated carbocycles. The zero-order chi connectivity index (χ0) is 14.3. The number of thiophene rings is 1. The Kier molecular flexibility index (Phi) is 2.88. The first-order valence-corrected chi connectivity index (χ1v) is 7.26. The van der Waals surface area contributed by atoms with Crippen molar-refractivity contribution in [2.24, 2.45) is 0 Å². The molecule has 0 atom stereocenters. The third-order valence-electron chi connectivity index (χ3n) is 3.64. The Bertz CT molecular complexity index is 710. The second-order valence-electron chi connectivity index (χ2n) is 5.44. The second-order valence-corrected chi connectivity index (χ2v) is 6.49. The number of carbonyl (C=O) groups excluding carboxylic acids is 1. The predicted octanol–water partition coefficient (Wildman–Crippen LogP) is 3.44. The van der Waals surface area contributed by atoms with Crippen molar-refractivity contribution in [1.82, 2.24) is 0 Å². The van der Waals surface area contributed by atoms with E-state index in [0.717, 1.165) is 16.1 Å². The molecule has 4 heteroatoms. The van der Waals surface area contributed by atoms with E-state index in [4.69, 9.17) is 5.26 Å². The van der Waals surface area contributed by atoms with Crippen molar-refractivity contribution < 1.29 is 4.79 Å². The van der Waals surface area contributed by atoms with Crippen molar-refractivity contribution in [3.63, 3.8) is 0 Å². The Morgan fingerprint density at radius 3 is 2.65 bits per heavy atom. The van der Waals surface area contributed by atoms with E-state index in [-0.39, 0.29) is 5.91 Å². The molecule has 20 heavy (non-hydrogen) atoms. The molecule has 1 aromatic carbocycles. The van der Waals surface area contributed by atoms with Crippen LogP contribution in [-0.2, 0) is 16.8 Å². The second kappa shape index (κ2) is 4.46. The molecule has 1 aliphatic rings. The van der Waals surface area contributed by atoms with E-state index in [1.54, 1.807) is 4.90 Å². The van der Waals surface area contributed by atoms with Gasteiger partial charge in [0.05, 0.1) is 17.6 Å². The van der Waals surface area contributed by atoms with Gasteiger partial charge in [-0.2, -0.15) is 5.26 Å². The first-order valence-electron chi connectivity index (χ1n) is 6.44. The molecule has 2 aromatic rings. The summed E-state index contributed by atoms with van der Waals surface area (Å²) in [6.07, 6.45) is 0. The number of fused-ring (bicyclic) bond motifs is 1. The van der Waals surface area contributed by atoms with Gasteiger partial charge in [-0.3, -0.25) is 4.79 Å². The largest absolute Gasteiger partial charge is 0.306 e. The van der Waals surface area contributed by atoms with Gasteiger partial charge >= 0.3 is 0 Å². The van der Waals surface area contributed by atoms with Crippen LogP contribution in [0.25, 0.3) is 0 Å². The van der Waals surface area contributed by atoms with Gasteiger partial charge in [0.25, 0.3) is 0 Å². The molecule has 0 fully saturated rings. The summed E-state index contributed by atoms with van der Waals surface area (Å²) in [4.78, 5) is 16.0. The summed E-state index contributed by atoms with van der Waals surface area (Å²) < 4.78 is 0. The molecule has 0 saturated heterocycles. The molecule has 0 unspecified atom stereocenters.